The smallest absolute Gasteiger partial charge is 0.271 e. The molecule has 10 heteroatoms. The van der Waals surface area contributed by atoms with Crippen LogP contribution in [0.2, 0.25) is 5.02 Å². The Labute approximate surface area is 264 Å². The molecule has 0 bridgehead atoms. The number of likely N-dealkylation sites (N-methyl/N-ethyl adjacent to an activating group) is 1. The molecule has 1 aliphatic heterocycles. The predicted octanol–water partition coefficient (Wildman–Crippen LogP) is 5.22. The quantitative estimate of drug-likeness (QED) is 0.254. The molecular formula is C34H31ClN4O4S. The highest BCUT2D eigenvalue weighted by Crippen LogP contribution is 2.32. The maximum absolute atomic E-state index is 14.0. The third-order valence-corrected chi connectivity index (χ3v) is 8.73. The number of methoxy groups -OCH3 is 1. The topological polar surface area (TPSA) is 96.9 Å². The van der Waals surface area contributed by atoms with E-state index in [1.54, 1.807) is 53.0 Å². The van der Waals surface area contributed by atoms with Gasteiger partial charge in [-0.05, 0) is 68.3 Å². The molecule has 0 unspecified atom stereocenters. The molecule has 3 aromatic carbocycles. The van der Waals surface area contributed by atoms with Crippen molar-refractivity contribution in [3.8, 4) is 17.6 Å². The number of hydrogen-bond acceptors (Lipinski definition) is 7. The highest BCUT2D eigenvalue weighted by Gasteiger charge is 2.34. The summed E-state index contributed by atoms with van der Waals surface area (Å²) in [7, 11) is 1.55. The van der Waals surface area contributed by atoms with Gasteiger partial charge in [0.2, 0.25) is 0 Å². The van der Waals surface area contributed by atoms with Crippen molar-refractivity contribution >= 4 is 34.9 Å². The minimum absolute atomic E-state index is 0.150. The van der Waals surface area contributed by atoms with E-state index in [1.807, 2.05) is 57.2 Å². The van der Waals surface area contributed by atoms with Crippen molar-refractivity contribution in [3.05, 3.63) is 125 Å². The Kier molecular flexibility index (Phi) is 9.33. The molecule has 1 amide bonds. The fourth-order valence-corrected chi connectivity index (χ4v) is 6.36. The summed E-state index contributed by atoms with van der Waals surface area (Å²) in [6.07, 6.45) is 1.78. The normalized spacial score (nSPS) is 14.5. The van der Waals surface area contributed by atoms with E-state index in [-0.39, 0.29) is 18.1 Å². The molecule has 0 spiro atoms. The van der Waals surface area contributed by atoms with Crippen LogP contribution in [0.5, 0.6) is 11.5 Å². The van der Waals surface area contributed by atoms with E-state index in [9.17, 15) is 14.9 Å². The Morgan fingerprint density at radius 1 is 1.11 bits per heavy atom. The Hall–Kier alpha value is -4.65. The van der Waals surface area contributed by atoms with Crippen molar-refractivity contribution in [2.24, 2.45) is 4.99 Å². The molecule has 0 radical (unpaired) electrons. The van der Waals surface area contributed by atoms with E-state index in [1.165, 1.54) is 11.3 Å². The van der Waals surface area contributed by atoms with Gasteiger partial charge >= 0.3 is 0 Å². The van der Waals surface area contributed by atoms with Crippen LogP contribution in [0.25, 0.3) is 6.08 Å². The van der Waals surface area contributed by atoms with Crippen molar-refractivity contribution in [3.63, 3.8) is 0 Å². The van der Waals surface area contributed by atoms with Gasteiger partial charge in [-0.2, -0.15) is 5.26 Å². The standard InChI is InChI=1S/C34H31ClN4O4S/c1-5-38(6-2)33(41)30-21(3)37-34-39(31(30)23-12-14-26(35)15-13-23)32(40)29(44-34)18-22-11-16-27(28(17-22)42-4)43-20-25-10-8-7-9-24(25)19-36/h7-18,31H,5-6,20H2,1-4H3/b29-18+/t31-/m0/s1. The first-order chi connectivity index (χ1) is 21.3. The molecule has 1 atom stereocenters. The SMILES string of the molecule is CCN(CC)C(=O)C1=C(C)N=c2s/c(=C/c3ccc(OCc4ccccc4C#N)c(OC)c3)c(=O)n2[C@H]1c1ccc(Cl)cc1. The number of nitrogens with zero attached hydrogens (tertiary/aromatic N) is 4. The molecule has 44 heavy (non-hydrogen) atoms. The second-order valence-corrected chi connectivity index (χ2v) is 11.5. The van der Waals surface area contributed by atoms with Gasteiger partial charge in [-0.1, -0.05) is 59.3 Å². The largest absolute Gasteiger partial charge is 0.493 e. The minimum atomic E-state index is -0.652. The van der Waals surface area contributed by atoms with E-state index < -0.39 is 6.04 Å². The van der Waals surface area contributed by atoms with Crippen molar-refractivity contribution in [1.82, 2.24) is 9.47 Å². The maximum Gasteiger partial charge on any atom is 0.271 e. The monoisotopic (exact) mass is 626 g/mol. The molecule has 8 nitrogen and oxygen atoms in total. The van der Waals surface area contributed by atoms with Gasteiger partial charge in [0.05, 0.1) is 40.6 Å². The van der Waals surface area contributed by atoms with Crippen LogP contribution in [-0.4, -0.2) is 35.6 Å². The number of fused-ring (bicyclic) bond motifs is 1. The minimum Gasteiger partial charge on any atom is -0.493 e. The Morgan fingerprint density at radius 3 is 2.52 bits per heavy atom. The molecule has 2 heterocycles. The lowest BCUT2D eigenvalue weighted by Gasteiger charge is -2.29. The molecule has 0 N–H and O–H groups in total. The van der Waals surface area contributed by atoms with Crippen LogP contribution < -0.4 is 24.4 Å². The summed E-state index contributed by atoms with van der Waals surface area (Å²) in [5.74, 6) is 0.850. The van der Waals surface area contributed by atoms with E-state index in [2.05, 4.69) is 6.07 Å². The maximum atomic E-state index is 14.0. The molecule has 5 rings (SSSR count). The predicted molar refractivity (Wildman–Crippen MR) is 172 cm³/mol. The Balaban J connectivity index is 1.55. The number of halogens is 1. The third-order valence-electron chi connectivity index (χ3n) is 7.49. The molecule has 0 saturated carbocycles. The number of carbonyl (C=O) groups is 1. The van der Waals surface area contributed by atoms with Crippen molar-refractivity contribution in [2.75, 3.05) is 20.2 Å². The lowest BCUT2D eigenvalue weighted by molar-refractivity contribution is -0.127. The summed E-state index contributed by atoms with van der Waals surface area (Å²) in [4.78, 5) is 34.7. The molecule has 0 aliphatic carbocycles. The van der Waals surface area contributed by atoms with Gasteiger partial charge in [-0.15, -0.1) is 0 Å². The zero-order valence-corrected chi connectivity index (χ0v) is 26.4. The van der Waals surface area contributed by atoms with Crippen LogP contribution in [0.15, 0.2) is 87.8 Å². The Morgan fingerprint density at radius 2 is 1.84 bits per heavy atom. The number of rotatable bonds is 9. The van der Waals surface area contributed by atoms with Crippen molar-refractivity contribution in [1.29, 1.82) is 5.26 Å². The average molecular weight is 627 g/mol. The summed E-state index contributed by atoms with van der Waals surface area (Å²) in [6.45, 7) is 6.96. The van der Waals surface area contributed by atoms with Gasteiger partial charge < -0.3 is 14.4 Å². The van der Waals surface area contributed by atoms with E-state index >= 15 is 0 Å². The summed E-state index contributed by atoms with van der Waals surface area (Å²) in [6, 6.07) is 21.4. The highest BCUT2D eigenvalue weighted by molar-refractivity contribution is 7.07. The second-order valence-electron chi connectivity index (χ2n) is 10.1. The van der Waals surface area contributed by atoms with Gasteiger partial charge in [0.1, 0.15) is 6.61 Å². The zero-order chi connectivity index (χ0) is 31.4. The van der Waals surface area contributed by atoms with E-state index in [0.29, 0.717) is 55.8 Å². The summed E-state index contributed by atoms with van der Waals surface area (Å²) >= 11 is 7.46. The number of nitriles is 1. The number of thiazole rings is 1. The number of hydrogen-bond donors (Lipinski definition) is 0. The van der Waals surface area contributed by atoms with Gasteiger partial charge in [-0.3, -0.25) is 14.2 Å². The van der Waals surface area contributed by atoms with Crippen LogP contribution in [0, 0.1) is 11.3 Å². The fraction of sp³-hybridized carbons (Fsp3) is 0.235. The molecule has 0 saturated heterocycles. The number of amides is 1. The molecule has 224 valence electrons. The fourth-order valence-electron chi connectivity index (χ4n) is 5.19. The molecule has 1 aromatic heterocycles. The molecule has 1 aliphatic rings. The molecule has 0 fully saturated rings. The lowest BCUT2D eigenvalue weighted by Crippen LogP contribution is -2.43. The second kappa shape index (κ2) is 13.3. The van der Waals surface area contributed by atoms with Gasteiger partial charge in [-0.25, -0.2) is 4.99 Å². The highest BCUT2D eigenvalue weighted by atomic mass is 35.5. The molecular weight excluding hydrogens is 596 g/mol. The third kappa shape index (κ3) is 6.05. The van der Waals surface area contributed by atoms with Crippen LogP contribution in [0.1, 0.15) is 49.1 Å². The van der Waals surface area contributed by atoms with Crippen LogP contribution in [-0.2, 0) is 11.4 Å². The summed E-state index contributed by atoms with van der Waals surface area (Å²) in [5.41, 5.74) is 3.62. The number of carbonyl (C=O) groups excluding carboxylic acids is 1. The first kappa shape index (κ1) is 30.8. The number of ether oxygens (including phenoxy) is 2. The van der Waals surface area contributed by atoms with Gasteiger partial charge in [0, 0.05) is 23.7 Å². The number of aromatic nitrogens is 1. The van der Waals surface area contributed by atoms with Crippen LogP contribution in [0.4, 0.5) is 0 Å². The first-order valence-electron chi connectivity index (χ1n) is 14.2. The number of allylic oxidation sites excluding steroid dienone is 1. The summed E-state index contributed by atoms with van der Waals surface area (Å²) < 4.78 is 13.6. The van der Waals surface area contributed by atoms with Gasteiger partial charge in [0.15, 0.2) is 16.3 Å². The van der Waals surface area contributed by atoms with Crippen LogP contribution >= 0.6 is 22.9 Å². The van der Waals surface area contributed by atoms with Crippen molar-refractivity contribution < 1.29 is 14.3 Å². The average Bonchev–Trinajstić information content (AvgIpc) is 3.34. The summed E-state index contributed by atoms with van der Waals surface area (Å²) in [5, 5.41) is 9.94. The van der Waals surface area contributed by atoms with Gasteiger partial charge in [0.25, 0.3) is 11.5 Å². The zero-order valence-electron chi connectivity index (χ0n) is 24.8. The van der Waals surface area contributed by atoms with Crippen molar-refractivity contribution in [2.45, 2.75) is 33.4 Å². The van der Waals surface area contributed by atoms with Crippen LogP contribution in [0.3, 0.4) is 0 Å². The molecule has 4 aromatic rings. The Bertz CT molecular complexity index is 1970. The number of benzene rings is 3. The van der Waals surface area contributed by atoms with E-state index in [4.69, 9.17) is 26.1 Å². The lowest BCUT2D eigenvalue weighted by atomic mass is 9.94. The first-order valence-corrected chi connectivity index (χ1v) is 15.3. The van der Waals surface area contributed by atoms with E-state index in [0.717, 1.165) is 16.7 Å².